The number of hydrogen-bond acceptors (Lipinski definition) is 0. The van der Waals surface area contributed by atoms with Crippen molar-refractivity contribution in [3.63, 3.8) is 0 Å². The summed E-state index contributed by atoms with van der Waals surface area (Å²) in [6.45, 7) is 29.4. The maximum atomic E-state index is 3.60. The van der Waals surface area contributed by atoms with Crippen molar-refractivity contribution in [3.8, 4) is 0 Å². The Kier molecular flexibility index (Phi) is 443. The molecule has 0 aromatic carbocycles. The standard InChI is InChI=1S/2C4H9.2C3H7.2C2H5.H2O.2Ti/c2*1-3-4-2;2*1-3-2;2*1-2;;;/h2*1,3-4H2,2H3;2*3H,1-2H3;2*1H2,2H3;1H2;;/q6*-1;;2*+3. The monoisotopic (exact) mass is 372 g/mol. The Morgan fingerprint density at radius 2 is 0.667 bits per heavy atom. The van der Waals surface area contributed by atoms with E-state index in [2.05, 4.69) is 41.5 Å². The van der Waals surface area contributed by atoms with Crippen LogP contribution in [0.15, 0.2) is 0 Å². The largest absolute Gasteiger partial charge is 3.00 e. The van der Waals surface area contributed by atoms with Gasteiger partial charge in [0.1, 0.15) is 0 Å². The van der Waals surface area contributed by atoms with Crippen molar-refractivity contribution in [2.75, 3.05) is 0 Å². The van der Waals surface area contributed by atoms with E-state index >= 15 is 0 Å². The molecule has 130 valence electrons. The molecule has 2 N–H and O–H groups in total. The predicted octanol–water partition coefficient (Wildman–Crippen LogP) is 6.55. The molecule has 0 spiro atoms. The van der Waals surface area contributed by atoms with Gasteiger partial charge in [-0.25, -0.2) is 0 Å². The molecule has 21 heavy (non-hydrogen) atoms. The number of rotatable bonds is 2. The summed E-state index contributed by atoms with van der Waals surface area (Å²) in [7, 11) is 0. The Labute approximate surface area is 169 Å². The van der Waals surface area contributed by atoms with Crippen LogP contribution in [0.2, 0.25) is 0 Å². The van der Waals surface area contributed by atoms with Gasteiger partial charge < -0.3 is 46.0 Å². The molecule has 3 heteroatoms. The molecule has 0 aromatic rings. The molecule has 2 radical (unpaired) electrons. The zero-order chi connectivity index (χ0) is 16.2. The normalized spacial score (nSPS) is 5.14. The fourth-order valence-electron chi connectivity index (χ4n) is 0. The Morgan fingerprint density at radius 1 is 0.619 bits per heavy atom. The fourth-order valence-corrected chi connectivity index (χ4v) is 0. The summed E-state index contributed by atoms with van der Waals surface area (Å²) in [5.74, 6) is 0. The van der Waals surface area contributed by atoms with E-state index in [1.165, 1.54) is 12.8 Å². The minimum Gasteiger partial charge on any atom is -0.412 e. The average molecular weight is 372 g/mol. The van der Waals surface area contributed by atoms with Gasteiger partial charge >= 0.3 is 43.4 Å². The molecular weight excluding hydrogens is 328 g/mol. The summed E-state index contributed by atoms with van der Waals surface area (Å²) >= 11 is 0. The van der Waals surface area contributed by atoms with Crippen LogP contribution in [-0.2, 0) is 43.4 Å². The first-order chi connectivity index (χ1) is 8.66. The number of unbranched alkanes of at least 4 members (excludes halogenated alkanes) is 2. The molecule has 0 unspecified atom stereocenters. The molecule has 0 saturated carbocycles. The van der Waals surface area contributed by atoms with E-state index in [1.807, 2.05) is 40.5 Å². The van der Waals surface area contributed by atoms with Crippen molar-refractivity contribution >= 4 is 0 Å². The topological polar surface area (TPSA) is 31.5 Å². The summed E-state index contributed by atoms with van der Waals surface area (Å²) in [6.07, 6.45) is 8.56. The fraction of sp³-hybridized carbons (Fsp3) is 0.667. The van der Waals surface area contributed by atoms with Crippen LogP contribution in [0.3, 0.4) is 0 Å². The van der Waals surface area contributed by atoms with Gasteiger partial charge in [0.05, 0.1) is 0 Å². The summed E-state index contributed by atoms with van der Waals surface area (Å²) in [4.78, 5) is 0. The third-order valence-corrected chi connectivity index (χ3v) is 0.707. The van der Waals surface area contributed by atoms with Gasteiger partial charge in [-0.15, -0.1) is 0 Å². The second-order valence-corrected chi connectivity index (χ2v) is 2.86. The smallest absolute Gasteiger partial charge is 0.412 e. The van der Waals surface area contributed by atoms with Crippen molar-refractivity contribution in [2.24, 2.45) is 0 Å². The van der Waals surface area contributed by atoms with Gasteiger partial charge in [0.25, 0.3) is 0 Å². The second kappa shape index (κ2) is 163. The van der Waals surface area contributed by atoms with Gasteiger partial charge in [0, 0.05) is 0 Å². The third kappa shape index (κ3) is 700. The molecule has 0 fully saturated rings. The SMILES string of the molecule is C[CH-]C.C[CH-]C.O.[CH2-]C.[CH2-]C.[CH2-]CCC.[CH2-]CCC.[Ti+3].[Ti+3]. The van der Waals surface area contributed by atoms with Crippen LogP contribution in [-0.4, -0.2) is 5.48 Å². The van der Waals surface area contributed by atoms with Gasteiger partial charge in [-0.05, 0) is 0 Å². The van der Waals surface area contributed by atoms with Gasteiger partial charge in [-0.3, -0.25) is 0 Å². The molecular formula is C18H44OTi2. The molecule has 1 nitrogen and oxygen atoms in total. The van der Waals surface area contributed by atoms with Crippen molar-refractivity contribution < 1.29 is 48.9 Å². The van der Waals surface area contributed by atoms with E-state index < -0.39 is 0 Å². The molecule has 0 aliphatic rings. The second-order valence-electron chi connectivity index (χ2n) is 2.86. The maximum absolute atomic E-state index is 3.60. The van der Waals surface area contributed by atoms with Gasteiger partial charge in [0.2, 0.25) is 0 Å². The molecule has 0 aliphatic carbocycles. The first kappa shape index (κ1) is 57.1. The summed E-state index contributed by atoms with van der Waals surface area (Å²) in [6, 6.07) is 0. The van der Waals surface area contributed by atoms with E-state index in [9.17, 15) is 0 Å². The molecule has 0 amide bonds. The van der Waals surface area contributed by atoms with Crippen LogP contribution in [0.25, 0.3) is 0 Å². The zero-order valence-electron chi connectivity index (χ0n) is 16.3. The van der Waals surface area contributed by atoms with E-state index in [4.69, 9.17) is 0 Å². The van der Waals surface area contributed by atoms with E-state index in [-0.39, 0.29) is 48.9 Å². The minimum absolute atomic E-state index is 0. The molecule has 0 rings (SSSR count). The van der Waals surface area contributed by atoms with Gasteiger partial charge in [-0.2, -0.15) is 54.4 Å². The van der Waals surface area contributed by atoms with Crippen LogP contribution >= 0.6 is 0 Å². The Balaban J connectivity index is -0.0000000117. The van der Waals surface area contributed by atoms with Crippen molar-refractivity contribution in [1.82, 2.24) is 0 Å². The van der Waals surface area contributed by atoms with Crippen LogP contribution < -0.4 is 0 Å². The molecule has 0 saturated heterocycles. The Bertz CT molecular complexity index is 36.2. The Hall–Kier alpha value is 1.39. The van der Waals surface area contributed by atoms with Crippen LogP contribution in [0, 0.1) is 40.5 Å². The molecule has 0 atom stereocenters. The first-order valence-electron chi connectivity index (χ1n) is 7.14. The van der Waals surface area contributed by atoms with Crippen molar-refractivity contribution in [1.29, 1.82) is 0 Å². The van der Waals surface area contributed by atoms with Crippen LogP contribution in [0.1, 0.15) is 81.1 Å². The average Bonchev–Trinajstić information content (AvgIpc) is 2.45. The summed E-state index contributed by atoms with van der Waals surface area (Å²) in [5, 5.41) is 0. The quantitative estimate of drug-likeness (QED) is 0.389. The van der Waals surface area contributed by atoms with Crippen molar-refractivity contribution in [3.05, 3.63) is 40.5 Å². The molecule has 0 bridgehead atoms. The predicted molar refractivity (Wildman–Crippen MR) is 97.5 cm³/mol. The minimum atomic E-state index is 0. The number of hydrogen-bond donors (Lipinski definition) is 0. The molecule has 0 heterocycles. The van der Waals surface area contributed by atoms with Crippen LogP contribution in [0.5, 0.6) is 0 Å². The Morgan fingerprint density at radius 3 is 0.667 bits per heavy atom. The van der Waals surface area contributed by atoms with E-state index in [0.717, 1.165) is 12.8 Å². The molecule has 0 aromatic heterocycles. The first-order valence-corrected chi connectivity index (χ1v) is 7.14. The third-order valence-electron chi connectivity index (χ3n) is 0.707. The molecule has 0 aliphatic heterocycles. The van der Waals surface area contributed by atoms with E-state index in [0.29, 0.717) is 0 Å². The van der Waals surface area contributed by atoms with Crippen LogP contribution in [0.4, 0.5) is 0 Å². The van der Waals surface area contributed by atoms with E-state index in [1.54, 1.807) is 13.8 Å². The zero-order valence-corrected chi connectivity index (χ0v) is 19.4. The summed E-state index contributed by atoms with van der Waals surface area (Å²) in [5.41, 5.74) is 0. The van der Waals surface area contributed by atoms with Gasteiger partial charge in [-0.1, -0.05) is 26.7 Å². The van der Waals surface area contributed by atoms with Crippen molar-refractivity contribution in [2.45, 2.75) is 81.1 Å². The van der Waals surface area contributed by atoms with Gasteiger partial charge in [0.15, 0.2) is 0 Å². The summed E-state index contributed by atoms with van der Waals surface area (Å²) < 4.78 is 0. The maximum Gasteiger partial charge on any atom is 3.00 e.